The zero-order valence-corrected chi connectivity index (χ0v) is 74.5. The molecule has 0 aliphatic rings. The van der Waals surface area contributed by atoms with Gasteiger partial charge in [-0.15, -0.1) is 0 Å². The van der Waals surface area contributed by atoms with Crippen LogP contribution in [0.4, 0.5) is 0 Å². The van der Waals surface area contributed by atoms with Crippen LogP contribution in [-0.4, -0.2) is 96.7 Å². The second-order valence-electron chi connectivity index (χ2n) is 33.4. The van der Waals surface area contributed by atoms with E-state index in [1.165, 1.54) is 289 Å². The summed E-state index contributed by atoms with van der Waals surface area (Å²) >= 11 is 0. The lowest BCUT2D eigenvalue weighted by molar-refractivity contribution is -0.161. The Bertz CT molecular complexity index is 2120. The van der Waals surface area contributed by atoms with Gasteiger partial charge in [0.15, 0.2) is 12.2 Å². The molecule has 3 N–H and O–H groups in total. The molecule has 0 amide bonds. The number of ether oxygens (including phenoxy) is 4. The number of hydrogen-bond acceptors (Lipinski definition) is 15. The van der Waals surface area contributed by atoms with Gasteiger partial charge in [-0.3, -0.25) is 37.3 Å². The number of phosphoric acid groups is 2. The Morgan fingerprint density at radius 2 is 0.436 bits per heavy atom. The Hall–Kier alpha value is -1.94. The molecule has 0 heterocycles. The minimum absolute atomic E-state index is 0.107. The number of carbonyl (C=O) groups excluding carboxylic acids is 4. The summed E-state index contributed by atoms with van der Waals surface area (Å²) in [5, 5.41) is 10.7. The van der Waals surface area contributed by atoms with Crippen LogP contribution in [0.3, 0.4) is 0 Å². The number of rotatable bonds is 89. The molecular weight excluding hydrogens is 1430 g/mol. The van der Waals surface area contributed by atoms with Crippen LogP contribution < -0.4 is 0 Å². The van der Waals surface area contributed by atoms with E-state index in [2.05, 4.69) is 48.5 Å². The summed E-state index contributed by atoms with van der Waals surface area (Å²) in [6, 6.07) is 0. The number of phosphoric ester groups is 2. The fraction of sp³-hybridized carbons (Fsp3) is 0.956. The van der Waals surface area contributed by atoms with Gasteiger partial charge in [-0.05, 0) is 43.4 Å². The fourth-order valence-electron chi connectivity index (χ4n) is 14.2. The standard InChI is InChI=1S/C91H178O17P2/c1-8-12-13-14-15-16-17-18-19-20-21-22-26-29-35-40-45-50-58-65-72-88(93)101-78-86(107-90(95)74-67-60-51-46-41-36-30-27-24-23-25-28-33-38-43-48-55-62-69-82(5)9-2)80-105-109(97,98)103-76-85(92)77-104-110(99,100)106-81-87(79-102-89(94)73-66-59-54-53-57-64-71-84(7)11-4)108-91(96)75-68-61-52-47-42-37-32-31-34-39-44-49-56-63-70-83(6)10-3/h82-87,92H,8-81H2,1-7H3,(H,97,98)(H,99,100)/t82?,83?,84?,85-,86-,87-/m1/s1. The first-order valence-corrected chi connectivity index (χ1v) is 50.0. The molecule has 5 unspecified atom stereocenters. The first kappa shape index (κ1) is 108. The van der Waals surface area contributed by atoms with Crippen LogP contribution in [0, 0.1) is 17.8 Å². The van der Waals surface area contributed by atoms with Gasteiger partial charge >= 0.3 is 39.5 Å². The highest BCUT2D eigenvalue weighted by atomic mass is 31.2. The van der Waals surface area contributed by atoms with Gasteiger partial charge in [0.2, 0.25) is 0 Å². The molecule has 8 atom stereocenters. The minimum Gasteiger partial charge on any atom is -0.462 e. The average molecular weight is 1610 g/mol. The van der Waals surface area contributed by atoms with Gasteiger partial charge in [-0.25, -0.2) is 9.13 Å². The first-order chi connectivity index (χ1) is 53.3. The zero-order chi connectivity index (χ0) is 80.8. The van der Waals surface area contributed by atoms with Crippen LogP contribution in [0.1, 0.15) is 485 Å². The van der Waals surface area contributed by atoms with Gasteiger partial charge in [0.05, 0.1) is 26.4 Å². The van der Waals surface area contributed by atoms with Crippen LogP contribution in [0.25, 0.3) is 0 Å². The van der Waals surface area contributed by atoms with Gasteiger partial charge in [0.1, 0.15) is 19.3 Å². The van der Waals surface area contributed by atoms with Gasteiger partial charge in [-0.2, -0.15) is 0 Å². The molecule has 110 heavy (non-hydrogen) atoms. The number of hydrogen-bond donors (Lipinski definition) is 3. The van der Waals surface area contributed by atoms with Crippen LogP contribution in [-0.2, 0) is 65.4 Å². The summed E-state index contributed by atoms with van der Waals surface area (Å²) in [6.45, 7) is 12.1. The maximum absolute atomic E-state index is 13.2. The zero-order valence-electron chi connectivity index (χ0n) is 72.7. The highest BCUT2D eigenvalue weighted by molar-refractivity contribution is 7.47. The third-order valence-corrected chi connectivity index (χ3v) is 24.4. The predicted molar refractivity (Wildman–Crippen MR) is 455 cm³/mol. The lowest BCUT2D eigenvalue weighted by Crippen LogP contribution is -2.30. The lowest BCUT2D eigenvalue weighted by atomic mass is 9.99. The Kier molecular flexibility index (Phi) is 79.4. The summed E-state index contributed by atoms with van der Waals surface area (Å²) < 4.78 is 69.0. The molecule has 0 radical (unpaired) electrons. The van der Waals surface area contributed by atoms with E-state index in [4.69, 9.17) is 37.0 Å². The van der Waals surface area contributed by atoms with Crippen molar-refractivity contribution < 1.29 is 80.2 Å². The summed E-state index contributed by atoms with van der Waals surface area (Å²) in [4.78, 5) is 73.4. The Morgan fingerprint density at radius 1 is 0.255 bits per heavy atom. The van der Waals surface area contributed by atoms with E-state index in [-0.39, 0.29) is 25.7 Å². The van der Waals surface area contributed by atoms with Crippen LogP contribution >= 0.6 is 15.6 Å². The molecule has 17 nitrogen and oxygen atoms in total. The second-order valence-corrected chi connectivity index (χ2v) is 36.3. The van der Waals surface area contributed by atoms with E-state index in [1.54, 1.807) is 0 Å². The molecule has 0 aromatic heterocycles. The molecule has 0 aliphatic heterocycles. The molecule has 0 fully saturated rings. The number of esters is 4. The largest absolute Gasteiger partial charge is 0.472 e. The Morgan fingerprint density at radius 3 is 0.645 bits per heavy atom. The van der Waals surface area contributed by atoms with E-state index >= 15 is 0 Å². The first-order valence-electron chi connectivity index (χ1n) is 47.0. The quantitative estimate of drug-likeness (QED) is 0.0222. The predicted octanol–water partition coefficient (Wildman–Crippen LogP) is 28.0. The van der Waals surface area contributed by atoms with E-state index in [9.17, 15) is 43.2 Å². The molecule has 654 valence electrons. The van der Waals surface area contributed by atoms with Crippen molar-refractivity contribution in [2.75, 3.05) is 39.6 Å². The van der Waals surface area contributed by atoms with Crippen molar-refractivity contribution in [3.63, 3.8) is 0 Å². The summed E-state index contributed by atoms with van der Waals surface area (Å²) in [7, 11) is -9.94. The lowest BCUT2D eigenvalue weighted by Gasteiger charge is -2.21. The molecule has 0 bridgehead atoms. The van der Waals surface area contributed by atoms with Crippen molar-refractivity contribution in [3.05, 3.63) is 0 Å². The Balaban J connectivity index is 5.23. The van der Waals surface area contributed by atoms with E-state index in [0.29, 0.717) is 25.7 Å². The monoisotopic (exact) mass is 1610 g/mol. The molecule has 0 saturated carbocycles. The summed E-state index contributed by atoms with van der Waals surface area (Å²) in [6.07, 6.45) is 73.7. The van der Waals surface area contributed by atoms with E-state index < -0.39 is 97.5 Å². The van der Waals surface area contributed by atoms with Crippen molar-refractivity contribution in [1.82, 2.24) is 0 Å². The summed E-state index contributed by atoms with van der Waals surface area (Å²) in [5.41, 5.74) is 0. The summed E-state index contributed by atoms with van der Waals surface area (Å²) in [5.74, 6) is 0.347. The second kappa shape index (κ2) is 80.8. The van der Waals surface area contributed by atoms with Crippen molar-refractivity contribution in [3.8, 4) is 0 Å². The van der Waals surface area contributed by atoms with E-state index in [1.807, 2.05) is 0 Å². The molecule has 0 rings (SSSR count). The molecule has 0 spiro atoms. The third-order valence-electron chi connectivity index (χ3n) is 22.5. The molecule has 0 aliphatic carbocycles. The SMILES string of the molecule is CCCCCCCCCCCCCCCCCCCCCCC(=O)OC[C@H](COP(=O)(O)OC[C@@H](O)COP(=O)(O)OC[C@@H](COC(=O)CCCCCCCCC(C)CC)OC(=O)CCCCCCCCCCCCCCCCC(C)CC)OC(=O)CCCCCCCCCCCCCCCCCCCCC(C)CC. The van der Waals surface area contributed by atoms with Crippen LogP contribution in [0.2, 0.25) is 0 Å². The van der Waals surface area contributed by atoms with Crippen molar-refractivity contribution in [1.29, 1.82) is 0 Å². The normalized spacial score (nSPS) is 14.5. The smallest absolute Gasteiger partial charge is 0.462 e. The van der Waals surface area contributed by atoms with Gasteiger partial charge < -0.3 is 33.8 Å². The molecule has 0 aromatic rings. The van der Waals surface area contributed by atoms with Crippen molar-refractivity contribution in [2.24, 2.45) is 17.8 Å². The fourth-order valence-corrected chi connectivity index (χ4v) is 15.7. The number of aliphatic hydroxyl groups is 1. The third kappa shape index (κ3) is 79.9. The van der Waals surface area contributed by atoms with Crippen LogP contribution in [0.5, 0.6) is 0 Å². The maximum Gasteiger partial charge on any atom is 0.472 e. The molecular formula is C91H178O17P2. The maximum atomic E-state index is 13.2. The van der Waals surface area contributed by atoms with Gasteiger partial charge in [0.25, 0.3) is 0 Å². The van der Waals surface area contributed by atoms with Crippen molar-refractivity contribution in [2.45, 2.75) is 503 Å². The Labute approximate surface area is 677 Å². The molecule has 19 heteroatoms. The van der Waals surface area contributed by atoms with Crippen LogP contribution in [0.15, 0.2) is 0 Å². The topological polar surface area (TPSA) is 237 Å². The highest BCUT2D eigenvalue weighted by Crippen LogP contribution is 2.45. The number of aliphatic hydroxyl groups excluding tert-OH is 1. The molecule has 0 aromatic carbocycles. The van der Waals surface area contributed by atoms with E-state index in [0.717, 1.165) is 114 Å². The minimum atomic E-state index is -4.97. The van der Waals surface area contributed by atoms with Gasteiger partial charge in [-0.1, -0.05) is 434 Å². The molecule has 0 saturated heterocycles. The number of unbranched alkanes of at least 4 members (excludes halogenated alkanes) is 54. The van der Waals surface area contributed by atoms with Crippen molar-refractivity contribution >= 4 is 39.5 Å². The van der Waals surface area contributed by atoms with Gasteiger partial charge in [0, 0.05) is 25.7 Å². The highest BCUT2D eigenvalue weighted by Gasteiger charge is 2.31. The average Bonchev–Trinajstić information content (AvgIpc) is 0.897. The number of carbonyl (C=O) groups is 4.